The molecule has 0 aliphatic carbocycles. The molecule has 0 atom stereocenters. The van der Waals surface area contributed by atoms with Crippen LogP contribution in [0.4, 0.5) is 5.69 Å². The van der Waals surface area contributed by atoms with Crippen molar-refractivity contribution in [2.45, 2.75) is 17.7 Å². The maximum atomic E-state index is 13.0. The molecule has 5 rings (SSSR count). The third kappa shape index (κ3) is 4.41. The van der Waals surface area contributed by atoms with Crippen LogP contribution in [0.5, 0.6) is 0 Å². The SMILES string of the molecule is N#Cc1ccccc1S(=O)(=O)N1CCC(C(=O)Nc2ccc(-n3cnc4ccccc43)cc2)CC1. The summed E-state index contributed by atoms with van der Waals surface area (Å²) in [5, 5.41) is 12.2. The Balaban J connectivity index is 1.22. The van der Waals surface area contributed by atoms with Gasteiger partial charge in [0.15, 0.2) is 0 Å². The van der Waals surface area contributed by atoms with Gasteiger partial charge in [0.05, 0.1) is 21.5 Å². The van der Waals surface area contributed by atoms with Crippen molar-refractivity contribution in [3.63, 3.8) is 0 Å². The third-order valence-electron chi connectivity index (χ3n) is 6.32. The first kappa shape index (κ1) is 22.8. The van der Waals surface area contributed by atoms with Crippen molar-refractivity contribution >= 4 is 32.7 Å². The van der Waals surface area contributed by atoms with Crippen LogP contribution in [-0.4, -0.2) is 41.3 Å². The number of hydrogen-bond acceptors (Lipinski definition) is 5. The van der Waals surface area contributed by atoms with E-state index in [0.29, 0.717) is 18.5 Å². The van der Waals surface area contributed by atoms with E-state index in [-0.39, 0.29) is 35.4 Å². The maximum Gasteiger partial charge on any atom is 0.244 e. The number of benzene rings is 3. The van der Waals surface area contributed by atoms with Gasteiger partial charge in [-0.15, -0.1) is 0 Å². The molecule has 3 aromatic carbocycles. The molecule has 0 unspecified atom stereocenters. The Morgan fingerprint density at radius 2 is 1.66 bits per heavy atom. The molecule has 1 fully saturated rings. The van der Waals surface area contributed by atoms with E-state index < -0.39 is 10.0 Å². The van der Waals surface area contributed by atoms with Crippen LogP contribution < -0.4 is 5.32 Å². The molecular formula is C26H23N5O3S. The topological polar surface area (TPSA) is 108 Å². The first-order chi connectivity index (χ1) is 17.0. The zero-order chi connectivity index (χ0) is 24.4. The minimum Gasteiger partial charge on any atom is -0.326 e. The zero-order valence-corrected chi connectivity index (χ0v) is 19.6. The number of carbonyl (C=O) groups is 1. The van der Waals surface area contributed by atoms with E-state index in [9.17, 15) is 18.5 Å². The van der Waals surface area contributed by atoms with Gasteiger partial charge in [-0.05, 0) is 61.4 Å². The summed E-state index contributed by atoms with van der Waals surface area (Å²) in [4.78, 5) is 17.3. The average Bonchev–Trinajstić information content (AvgIpc) is 3.33. The van der Waals surface area contributed by atoms with Crippen LogP contribution in [0, 0.1) is 17.2 Å². The summed E-state index contributed by atoms with van der Waals surface area (Å²) < 4.78 is 29.4. The van der Waals surface area contributed by atoms with Crippen molar-refractivity contribution in [3.05, 3.63) is 84.7 Å². The Kier molecular flexibility index (Phi) is 6.07. The van der Waals surface area contributed by atoms with E-state index >= 15 is 0 Å². The molecule has 176 valence electrons. The third-order valence-corrected chi connectivity index (χ3v) is 8.27. The summed E-state index contributed by atoms with van der Waals surface area (Å²) in [7, 11) is -3.78. The fourth-order valence-electron chi connectivity index (χ4n) is 4.40. The number of para-hydroxylation sites is 2. The van der Waals surface area contributed by atoms with Crippen molar-refractivity contribution in [2.75, 3.05) is 18.4 Å². The van der Waals surface area contributed by atoms with Crippen molar-refractivity contribution in [3.8, 4) is 11.8 Å². The number of sulfonamides is 1. The Bertz CT molecular complexity index is 1530. The molecule has 35 heavy (non-hydrogen) atoms. The number of piperidine rings is 1. The monoisotopic (exact) mass is 485 g/mol. The summed E-state index contributed by atoms with van der Waals surface area (Å²) in [6.07, 6.45) is 2.60. The normalized spacial score (nSPS) is 15.1. The van der Waals surface area contributed by atoms with Gasteiger partial charge in [0.25, 0.3) is 0 Å². The predicted molar refractivity (Wildman–Crippen MR) is 132 cm³/mol. The molecule has 9 heteroatoms. The molecule has 1 aliphatic rings. The lowest BCUT2D eigenvalue weighted by molar-refractivity contribution is -0.120. The van der Waals surface area contributed by atoms with Gasteiger partial charge >= 0.3 is 0 Å². The Morgan fingerprint density at radius 3 is 2.40 bits per heavy atom. The second kappa shape index (κ2) is 9.33. The number of amides is 1. The van der Waals surface area contributed by atoms with Crippen molar-refractivity contribution in [1.82, 2.24) is 13.9 Å². The highest BCUT2D eigenvalue weighted by Crippen LogP contribution is 2.27. The number of anilines is 1. The molecule has 0 bridgehead atoms. The molecule has 2 heterocycles. The summed E-state index contributed by atoms with van der Waals surface area (Å²) in [5.41, 5.74) is 3.66. The van der Waals surface area contributed by atoms with Crippen molar-refractivity contribution in [2.24, 2.45) is 5.92 Å². The van der Waals surface area contributed by atoms with Gasteiger partial charge in [0, 0.05) is 30.4 Å². The first-order valence-corrected chi connectivity index (χ1v) is 12.7. The fourth-order valence-corrected chi connectivity index (χ4v) is 6.01. The van der Waals surface area contributed by atoms with Crippen LogP contribution in [-0.2, 0) is 14.8 Å². The van der Waals surface area contributed by atoms with Gasteiger partial charge in [0.2, 0.25) is 15.9 Å². The lowest BCUT2D eigenvalue weighted by Gasteiger charge is -2.30. The number of aromatic nitrogens is 2. The molecule has 1 aliphatic heterocycles. The van der Waals surface area contributed by atoms with E-state index in [0.717, 1.165) is 16.7 Å². The second-order valence-corrected chi connectivity index (χ2v) is 10.3. The predicted octanol–water partition coefficient (Wildman–Crippen LogP) is 3.94. The van der Waals surface area contributed by atoms with Gasteiger partial charge < -0.3 is 5.32 Å². The number of rotatable bonds is 5. The van der Waals surface area contributed by atoms with Crippen LogP contribution in [0.25, 0.3) is 16.7 Å². The van der Waals surface area contributed by atoms with Crippen molar-refractivity contribution in [1.29, 1.82) is 5.26 Å². The summed E-state index contributed by atoms with van der Waals surface area (Å²) >= 11 is 0. The van der Waals surface area contributed by atoms with Crippen LogP contribution in [0.3, 0.4) is 0 Å². The number of nitrogens with one attached hydrogen (secondary N) is 1. The fraction of sp³-hybridized carbons (Fsp3) is 0.192. The van der Waals surface area contributed by atoms with Crippen LogP contribution in [0.2, 0.25) is 0 Å². The molecular weight excluding hydrogens is 462 g/mol. The highest BCUT2D eigenvalue weighted by Gasteiger charge is 2.33. The Hall–Kier alpha value is -4.00. The maximum absolute atomic E-state index is 13.0. The van der Waals surface area contributed by atoms with Crippen LogP contribution >= 0.6 is 0 Å². The van der Waals surface area contributed by atoms with E-state index in [2.05, 4.69) is 10.3 Å². The molecule has 1 N–H and O–H groups in total. The molecule has 1 aromatic heterocycles. The smallest absolute Gasteiger partial charge is 0.244 e. The van der Waals surface area contributed by atoms with Gasteiger partial charge in [-0.3, -0.25) is 9.36 Å². The van der Waals surface area contributed by atoms with Crippen LogP contribution in [0.1, 0.15) is 18.4 Å². The summed E-state index contributed by atoms with van der Waals surface area (Å²) in [5.74, 6) is -0.412. The number of nitrogens with zero attached hydrogens (tertiary/aromatic N) is 4. The molecule has 0 spiro atoms. The molecule has 1 saturated heterocycles. The van der Waals surface area contributed by atoms with E-state index in [1.165, 1.54) is 16.4 Å². The standard InChI is InChI=1S/C26H23N5O3S/c27-17-20-5-1-4-8-25(20)35(33,34)30-15-13-19(14-16-30)26(32)29-21-9-11-22(12-10-21)31-18-28-23-6-2-3-7-24(23)31/h1-12,18-19H,13-16H2,(H,29,32). The minimum absolute atomic E-state index is 0.0103. The summed E-state index contributed by atoms with van der Waals surface area (Å²) in [6, 6.07) is 23.5. The number of fused-ring (bicyclic) bond motifs is 1. The molecule has 0 radical (unpaired) electrons. The molecule has 1 amide bonds. The zero-order valence-electron chi connectivity index (χ0n) is 18.8. The molecule has 4 aromatic rings. The van der Waals surface area contributed by atoms with Gasteiger partial charge in [-0.2, -0.15) is 9.57 Å². The van der Waals surface area contributed by atoms with E-state index in [4.69, 9.17) is 0 Å². The highest BCUT2D eigenvalue weighted by molar-refractivity contribution is 7.89. The van der Waals surface area contributed by atoms with Gasteiger partial charge in [0.1, 0.15) is 12.4 Å². The first-order valence-electron chi connectivity index (χ1n) is 11.3. The van der Waals surface area contributed by atoms with E-state index in [1.54, 1.807) is 18.5 Å². The minimum atomic E-state index is -3.78. The number of carbonyl (C=O) groups excluding carboxylic acids is 1. The lowest BCUT2D eigenvalue weighted by atomic mass is 9.97. The number of nitriles is 1. The number of hydrogen-bond donors (Lipinski definition) is 1. The molecule has 8 nitrogen and oxygen atoms in total. The quantitative estimate of drug-likeness (QED) is 0.461. The summed E-state index contributed by atoms with van der Waals surface area (Å²) in [6.45, 7) is 0.458. The highest BCUT2D eigenvalue weighted by atomic mass is 32.2. The van der Waals surface area contributed by atoms with Gasteiger partial charge in [-0.1, -0.05) is 24.3 Å². The van der Waals surface area contributed by atoms with Crippen molar-refractivity contribution < 1.29 is 13.2 Å². The molecule has 0 saturated carbocycles. The van der Waals surface area contributed by atoms with Gasteiger partial charge in [-0.25, -0.2) is 13.4 Å². The Morgan fingerprint density at radius 1 is 0.971 bits per heavy atom. The van der Waals surface area contributed by atoms with Crippen LogP contribution in [0.15, 0.2) is 84.0 Å². The van der Waals surface area contributed by atoms with E-state index in [1.807, 2.05) is 59.2 Å². The lowest BCUT2D eigenvalue weighted by Crippen LogP contribution is -2.41. The number of imidazole rings is 1. The average molecular weight is 486 g/mol. The second-order valence-electron chi connectivity index (χ2n) is 8.43. The largest absolute Gasteiger partial charge is 0.326 e. The Labute approximate surface area is 203 Å².